The number of ether oxygens (including phenoxy) is 2. The van der Waals surface area contributed by atoms with Gasteiger partial charge in [0.25, 0.3) is 0 Å². The summed E-state index contributed by atoms with van der Waals surface area (Å²) in [7, 11) is 3.25. The minimum Gasteiger partial charge on any atom is -0.442 e. The molecule has 198 valence electrons. The average Bonchev–Trinajstić information content (AvgIpc) is 2.73. The van der Waals surface area contributed by atoms with E-state index in [2.05, 4.69) is 51.2 Å². The number of carbonyl (C=O) groups is 2. The van der Waals surface area contributed by atoms with Gasteiger partial charge >= 0.3 is 6.09 Å². The molecule has 35 heavy (non-hydrogen) atoms. The van der Waals surface area contributed by atoms with Crippen molar-refractivity contribution in [3.63, 3.8) is 0 Å². The molecule has 7 nitrogen and oxygen atoms in total. The van der Waals surface area contributed by atoms with E-state index < -0.39 is 12.2 Å². The fraction of sp³-hybridized carbons (Fsp3) is 0.714. The standard InChI is InChI=1S/C28H47N3O4/c1-20(9-16-24-18-28(5,29)19-27(3,4)35-24)8-11-22-12-14-23(15-13-22)30-25(32)17-10-21(2)34-26(33)31(6)7/h8-10,16-17,21-24H,11-15,18-19,29H2,1-7H3,(H,30,32)/b16-9+,17-10-,20-8+/t21-,22?,23?,24+,28+/m0/s1. The molecule has 1 saturated carbocycles. The molecule has 0 bridgehead atoms. The first-order valence-electron chi connectivity index (χ1n) is 12.9. The zero-order chi connectivity index (χ0) is 26.2. The quantitative estimate of drug-likeness (QED) is 0.375. The predicted molar refractivity (Wildman–Crippen MR) is 141 cm³/mol. The van der Waals surface area contributed by atoms with Gasteiger partial charge in [0.05, 0.1) is 11.7 Å². The maximum Gasteiger partial charge on any atom is 0.409 e. The van der Waals surface area contributed by atoms with Crippen LogP contribution in [0.3, 0.4) is 0 Å². The van der Waals surface area contributed by atoms with Crippen LogP contribution < -0.4 is 11.1 Å². The molecule has 0 unspecified atom stereocenters. The number of allylic oxidation sites excluding steroid dienone is 3. The summed E-state index contributed by atoms with van der Waals surface area (Å²) in [5, 5.41) is 3.08. The second-order valence-electron chi connectivity index (χ2n) is 11.6. The molecule has 0 aromatic carbocycles. The van der Waals surface area contributed by atoms with Gasteiger partial charge in [0.2, 0.25) is 5.91 Å². The van der Waals surface area contributed by atoms with Crippen molar-refractivity contribution in [2.75, 3.05) is 14.1 Å². The van der Waals surface area contributed by atoms with Crippen LogP contribution >= 0.6 is 0 Å². The molecular formula is C28H47N3O4. The summed E-state index contributed by atoms with van der Waals surface area (Å²) >= 11 is 0. The van der Waals surface area contributed by atoms with Gasteiger partial charge in [-0.3, -0.25) is 4.79 Å². The molecule has 2 fully saturated rings. The largest absolute Gasteiger partial charge is 0.442 e. The van der Waals surface area contributed by atoms with Crippen molar-refractivity contribution in [1.82, 2.24) is 10.2 Å². The highest BCUT2D eigenvalue weighted by Crippen LogP contribution is 2.34. The lowest BCUT2D eigenvalue weighted by Gasteiger charge is -2.44. The first-order valence-corrected chi connectivity index (χ1v) is 12.9. The normalized spacial score (nSPS) is 30.3. The molecule has 0 radical (unpaired) electrons. The van der Waals surface area contributed by atoms with E-state index in [4.69, 9.17) is 15.2 Å². The van der Waals surface area contributed by atoms with Gasteiger partial charge in [-0.1, -0.05) is 23.8 Å². The Balaban J connectivity index is 1.72. The second-order valence-corrected chi connectivity index (χ2v) is 11.6. The predicted octanol–water partition coefficient (Wildman–Crippen LogP) is 4.87. The summed E-state index contributed by atoms with van der Waals surface area (Å²) in [5.74, 6) is 0.508. The van der Waals surface area contributed by atoms with Gasteiger partial charge in [-0.2, -0.15) is 0 Å². The molecule has 7 heteroatoms. The van der Waals surface area contributed by atoms with Crippen LogP contribution in [0, 0.1) is 5.92 Å². The van der Waals surface area contributed by atoms with E-state index in [-0.39, 0.29) is 29.2 Å². The van der Waals surface area contributed by atoms with Gasteiger partial charge in [0.15, 0.2) is 0 Å². The average molecular weight is 490 g/mol. The fourth-order valence-corrected chi connectivity index (χ4v) is 5.10. The highest BCUT2D eigenvalue weighted by atomic mass is 16.6. The van der Waals surface area contributed by atoms with Crippen LogP contribution in [0.25, 0.3) is 0 Å². The Bertz CT molecular complexity index is 789. The van der Waals surface area contributed by atoms with E-state index in [1.54, 1.807) is 27.1 Å². The molecule has 2 aliphatic rings. The minimum atomic E-state index is -0.452. The van der Waals surface area contributed by atoms with E-state index in [1.165, 1.54) is 16.5 Å². The van der Waals surface area contributed by atoms with Crippen molar-refractivity contribution in [2.24, 2.45) is 11.7 Å². The second kappa shape index (κ2) is 12.7. The topological polar surface area (TPSA) is 93.9 Å². The maximum atomic E-state index is 12.2. The lowest BCUT2D eigenvalue weighted by Crippen LogP contribution is -2.52. The van der Waals surface area contributed by atoms with E-state index in [1.807, 2.05) is 0 Å². The number of nitrogens with one attached hydrogen (secondary N) is 1. The van der Waals surface area contributed by atoms with Crippen molar-refractivity contribution in [2.45, 2.75) is 109 Å². The third-order valence-corrected chi connectivity index (χ3v) is 6.68. The Morgan fingerprint density at radius 1 is 1.17 bits per heavy atom. The number of hydrogen-bond donors (Lipinski definition) is 2. The number of hydrogen-bond acceptors (Lipinski definition) is 5. The smallest absolute Gasteiger partial charge is 0.409 e. The first-order chi connectivity index (χ1) is 16.2. The number of carbonyl (C=O) groups excluding carboxylic acids is 2. The molecule has 3 atom stereocenters. The number of nitrogens with zero attached hydrogens (tertiary/aromatic N) is 1. The molecule has 1 aliphatic carbocycles. The fourth-order valence-electron chi connectivity index (χ4n) is 5.10. The maximum absolute atomic E-state index is 12.2. The molecule has 2 amide bonds. The summed E-state index contributed by atoms with van der Waals surface area (Å²) in [6, 6.07) is 0.199. The van der Waals surface area contributed by atoms with Crippen molar-refractivity contribution >= 4 is 12.0 Å². The summed E-state index contributed by atoms with van der Waals surface area (Å²) < 4.78 is 11.4. The van der Waals surface area contributed by atoms with Crippen LogP contribution in [0.15, 0.2) is 36.0 Å². The van der Waals surface area contributed by atoms with Crippen LogP contribution in [-0.2, 0) is 14.3 Å². The molecule has 2 rings (SSSR count). The summed E-state index contributed by atoms with van der Waals surface area (Å²) in [6.45, 7) is 10.2. The highest BCUT2D eigenvalue weighted by Gasteiger charge is 2.38. The molecule has 0 aromatic heterocycles. The molecule has 3 N–H and O–H groups in total. The summed E-state index contributed by atoms with van der Waals surface area (Å²) in [6.07, 6.45) is 15.8. The number of rotatable bonds is 8. The van der Waals surface area contributed by atoms with Crippen LogP contribution in [0.2, 0.25) is 0 Å². The van der Waals surface area contributed by atoms with Gasteiger partial charge in [0, 0.05) is 31.8 Å². The van der Waals surface area contributed by atoms with Gasteiger partial charge < -0.3 is 25.4 Å². The molecule has 1 aliphatic heterocycles. The van der Waals surface area contributed by atoms with E-state index in [9.17, 15) is 9.59 Å². The van der Waals surface area contributed by atoms with Crippen LogP contribution in [0.4, 0.5) is 4.79 Å². The van der Waals surface area contributed by atoms with Crippen LogP contribution in [0.5, 0.6) is 0 Å². The molecule has 0 spiro atoms. The van der Waals surface area contributed by atoms with Crippen molar-refractivity contribution < 1.29 is 19.1 Å². The van der Waals surface area contributed by atoms with E-state index in [0.29, 0.717) is 5.92 Å². The molecule has 1 heterocycles. The monoisotopic (exact) mass is 489 g/mol. The van der Waals surface area contributed by atoms with E-state index in [0.717, 1.165) is 44.9 Å². The lowest BCUT2D eigenvalue weighted by molar-refractivity contribution is -0.117. The van der Waals surface area contributed by atoms with Crippen LogP contribution in [-0.4, -0.2) is 60.4 Å². The van der Waals surface area contributed by atoms with Gasteiger partial charge in [-0.25, -0.2) is 4.79 Å². The third kappa shape index (κ3) is 11.0. The molecule has 1 saturated heterocycles. The Kier molecular flexibility index (Phi) is 10.6. The zero-order valence-electron chi connectivity index (χ0n) is 22.8. The Hall–Kier alpha value is -2.12. The minimum absolute atomic E-state index is 0.0493. The highest BCUT2D eigenvalue weighted by molar-refractivity contribution is 5.87. The van der Waals surface area contributed by atoms with E-state index >= 15 is 0 Å². The number of nitrogens with two attached hydrogens (primary N) is 1. The Morgan fingerprint density at radius 3 is 2.43 bits per heavy atom. The number of amides is 2. The molecule has 0 aromatic rings. The van der Waals surface area contributed by atoms with Gasteiger partial charge in [-0.05, 0) is 91.6 Å². The molecular weight excluding hydrogens is 442 g/mol. The first kappa shape index (κ1) is 29.1. The van der Waals surface area contributed by atoms with Crippen LogP contribution in [0.1, 0.15) is 79.6 Å². The summed E-state index contributed by atoms with van der Waals surface area (Å²) in [5.41, 5.74) is 7.28. The van der Waals surface area contributed by atoms with Crippen molar-refractivity contribution in [1.29, 1.82) is 0 Å². The Labute approximate surface area is 212 Å². The van der Waals surface area contributed by atoms with Crippen molar-refractivity contribution in [3.8, 4) is 0 Å². The Morgan fingerprint density at radius 2 is 1.83 bits per heavy atom. The third-order valence-electron chi connectivity index (χ3n) is 6.68. The van der Waals surface area contributed by atoms with Gasteiger partial charge in [-0.15, -0.1) is 0 Å². The van der Waals surface area contributed by atoms with Gasteiger partial charge in [0.1, 0.15) is 6.10 Å². The van der Waals surface area contributed by atoms with Crippen molar-refractivity contribution in [3.05, 3.63) is 36.0 Å². The zero-order valence-corrected chi connectivity index (χ0v) is 22.8. The SMILES string of the molecule is CC(/C=C/[C@@H]1C[C@@](C)(N)CC(C)(C)O1)=C\CC1CCC(NC(=O)/C=C\[C@H](C)OC(=O)N(C)C)CC1. The summed E-state index contributed by atoms with van der Waals surface area (Å²) in [4.78, 5) is 25.1. The lowest BCUT2D eigenvalue weighted by atomic mass is 9.81.